The molecule has 3 aromatic carbocycles. The molecule has 0 aromatic heterocycles. The van der Waals surface area contributed by atoms with E-state index in [2.05, 4.69) is 5.32 Å². The molecule has 0 saturated carbocycles. The van der Waals surface area contributed by atoms with Crippen LogP contribution in [0.2, 0.25) is 10.0 Å². The van der Waals surface area contributed by atoms with Gasteiger partial charge in [0.15, 0.2) is 0 Å². The van der Waals surface area contributed by atoms with Crippen molar-refractivity contribution in [2.75, 3.05) is 6.54 Å². The molecule has 0 spiro atoms. The molecule has 9 heteroatoms. The summed E-state index contributed by atoms with van der Waals surface area (Å²) in [6.07, 6.45) is 0.0415. The van der Waals surface area contributed by atoms with Gasteiger partial charge in [0.25, 0.3) is 5.69 Å². The van der Waals surface area contributed by atoms with Crippen LogP contribution < -0.4 is 5.32 Å². The van der Waals surface area contributed by atoms with E-state index < -0.39 is 16.9 Å². The number of likely N-dealkylation sites (N-methyl/N-ethyl adjacent to an activating group) is 1. The number of carbonyl (C=O) groups excluding carboxylic acids is 2. The Morgan fingerprint density at radius 1 is 0.971 bits per heavy atom. The molecule has 7 nitrogen and oxygen atoms in total. The second-order valence-electron chi connectivity index (χ2n) is 7.93. The van der Waals surface area contributed by atoms with Crippen molar-refractivity contribution in [2.24, 2.45) is 0 Å². The lowest BCUT2D eigenvalue weighted by atomic mass is 10.0. The van der Waals surface area contributed by atoms with Gasteiger partial charge < -0.3 is 10.2 Å². The highest BCUT2D eigenvalue weighted by molar-refractivity contribution is 6.42. The van der Waals surface area contributed by atoms with Gasteiger partial charge in [-0.25, -0.2) is 0 Å². The van der Waals surface area contributed by atoms with Crippen LogP contribution in [0.15, 0.2) is 72.8 Å². The summed E-state index contributed by atoms with van der Waals surface area (Å²) < 4.78 is 0. The Hall–Kier alpha value is -3.42. The fourth-order valence-electron chi connectivity index (χ4n) is 3.78. The molecule has 0 aliphatic rings. The number of benzene rings is 3. The molecule has 1 atom stereocenters. The number of para-hydroxylation sites is 1. The van der Waals surface area contributed by atoms with Crippen molar-refractivity contribution in [2.45, 2.75) is 32.4 Å². The van der Waals surface area contributed by atoms with Crippen molar-refractivity contribution in [1.82, 2.24) is 10.2 Å². The smallest absolute Gasteiger partial charge is 0.273 e. The molecular weight excluding hydrogens is 489 g/mol. The van der Waals surface area contributed by atoms with E-state index in [1.165, 1.54) is 11.0 Å². The van der Waals surface area contributed by atoms with Crippen LogP contribution in [0.1, 0.15) is 23.6 Å². The van der Waals surface area contributed by atoms with Gasteiger partial charge in [0, 0.05) is 31.1 Å². The average Bonchev–Trinajstić information content (AvgIpc) is 2.84. The molecule has 0 unspecified atom stereocenters. The molecule has 35 heavy (non-hydrogen) atoms. The summed E-state index contributed by atoms with van der Waals surface area (Å²) in [5, 5.41) is 15.0. The molecule has 182 valence electrons. The van der Waals surface area contributed by atoms with E-state index in [0.717, 1.165) is 5.56 Å². The van der Waals surface area contributed by atoms with E-state index in [1.807, 2.05) is 30.3 Å². The fraction of sp³-hybridized carbons (Fsp3) is 0.231. The topological polar surface area (TPSA) is 92.6 Å². The Morgan fingerprint density at radius 2 is 1.66 bits per heavy atom. The van der Waals surface area contributed by atoms with Gasteiger partial charge in [0.05, 0.1) is 21.4 Å². The highest BCUT2D eigenvalue weighted by Gasteiger charge is 2.31. The monoisotopic (exact) mass is 513 g/mol. The van der Waals surface area contributed by atoms with Gasteiger partial charge in [-0.2, -0.15) is 0 Å². The third-order valence-electron chi connectivity index (χ3n) is 5.49. The molecule has 3 rings (SSSR count). The number of nitrogens with zero attached hydrogens (tertiary/aromatic N) is 2. The van der Waals surface area contributed by atoms with Gasteiger partial charge in [0.2, 0.25) is 11.8 Å². The van der Waals surface area contributed by atoms with Crippen LogP contribution in [-0.4, -0.2) is 34.2 Å². The summed E-state index contributed by atoms with van der Waals surface area (Å²) in [4.78, 5) is 39.2. The van der Waals surface area contributed by atoms with E-state index in [9.17, 15) is 19.7 Å². The maximum absolute atomic E-state index is 13.6. The maximum Gasteiger partial charge on any atom is 0.273 e. The Morgan fingerprint density at radius 3 is 2.31 bits per heavy atom. The van der Waals surface area contributed by atoms with Gasteiger partial charge in [-0.3, -0.25) is 19.7 Å². The van der Waals surface area contributed by atoms with Crippen molar-refractivity contribution < 1.29 is 14.5 Å². The van der Waals surface area contributed by atoms with Gasteiger partial charge in [-0.05, 0) is 30.2 Å². The van der Waals surface area contributed by atoms with Gasteiger partial charge in [-0.15, -0.1) is 0 Å². The Bertz CT molecular complexity index is 1200. The molecule has 0 aliphatic carbocycles. The van der Waals surface area contributed by atoms with Crippen molar-refractivity contribution in [3.05, 3.63) is 110 Å². The molecule has 0 heterocycles. The third kappa shape index (κ3) is 7.04. The molecule has 0 saturated heterocycles. The Balaban J connectivity index is 2.01. The predicted molar refractivity (Wildman–Crippen MR) is 136 cm³/mol. The van der Waals surface area contributed by atoms with E-state index >= 15 is 0 Å². The van der Waals surface area contributed by atoms with Crippen LogP contribution in [0.4, 0.5) is 5.69 Å². The van der Waals surface area contributed by atoms with Crippen molar-refractivity contribution in [3.63, 3.8) is 0 Å². The van der Waals surface area contributed by atoms with Crippen LogP contribution in [0, 0.1) is 10.1 Å². The summed E-state index contributed by atoms with van der Waals surface area (Å²) in [6, 6.07) is 19.6. The number of hydrogen-bond acceptors (Lipinski definition) is 4. The highest BCUT2D eigenvalue weighted by Crippen LogP contribution is 2.25. The molecule has 0 aliphatic heterocycles. The summed E-state index contributed by atoms with van der Waals surface area (Å²) >= 11 is 12.2. The molecular formula is C26H25Cl2N3O4. The zero-order valence-corrected chi connectivity index (χ0v) is 20.6. The van der Waals surface area contributed by atoms with Gasteiger partial charge in [0.1, 0.15) is 6.04 Å². The first kappa shape index (κ1) is 26.2. The molecule has 0 bridgehead atoms. The van der Waals surface area contributed by atoms with Crippen LogP contribution in [0.3, 0.4) is 0 Å². The lowest BCUT2D eigenvalue weighted by molar-refractivity contribution is -0.385. The average molecular weight is 514 g/mol. The van der Waals surface area contributed by atoms with Crippen LogP contribution in [-0.2, 0) is 29.0 Å². The van der Waals surface area contributed by atoms with E-state index in [0.29, 0.717) is 22.2 Å². The van der Waals surface area contributed by atoms with Crippen molar-refractivity contribution >= 4 is 40.7 Å². The maximum atomic E-state index is 13.6. The zero-order chi connectivity index (χ0) is 25.4. The lowest BCUT2D eigenvalue weighted by Gasteiger charge is -2.31. The summed E-state index contributed by atoms with van der Waals surface area (Å²) in [7, 11) is 0. The van der Waals surface area contributed by atoms with E-state index in [1.54, 1.807) is 43.3 Å². The standard InChI is InChI=1S/C26H25Cl2N3O4/c1-2-29-26(33)24(15-18-8-4-3-5-9-18)30(17-19-12-13-21(27)22(28)14-19)25(32)16-20-10-6-7-11-23(20)31(34)35/h3-14,24H,2,15-17H2,1H3,(H,29,33)/t24-/m0/s1. The third-order valence-corrected chi connectivity index (χ3v) is 6.23. The summed E-state index contributed by atoms with van der Waals surface area (Å²) in [5.74, 6) is -0.732. The molecule has 1 N–H and O–H groups in total. The first-order valence-corrected chi connectivity index (χ1v) is 11.8. The molecule has 2 amide bonds. The number of carbonyl (C=O) groups is 2. The summed E-state index contributed by atoms with van der Waals surface area (Å²) in [6.45, 7) is 2.27. The van der Waals surface area contributed by atoms with Gasteiger partial charge in [-0.1, -0.05) is 77.8 Å². The SMILES string of the molecule is CCNC(=O)[C@H](Cc1ccccc1)N(Cc1ccc(Cl)c(Cl)c1)C(=O)Cc1ccccc1[N+](=O)[O-]. The van der Waals surface area contributed by atoms with Crippen LogP contribution in [0.5, 0.6) is 0 Å². The fourth-order valence-corrected chi connectivity index (χ4v) is 4.10. The largest absolute Gasteiger partial charge is 0.355 e. The number of halogens is 2. The number of nitrogens with one attached hydrogen (secondary N) is 1. The number of nitro benzene ring substituents is 1. The molecule has 0 fully saturated rings. The second kappa shape index (κ2) is 12.3. The Labute approximate surface area is 213 Å². The number of rotatable bonds is 10. The van der Waals surface area contributed by atoms with Crippen LogP contribution in [0.25, 0.3) is 0 Å². The minimum atomic E-state index is -0.845. The first-order chi connectivity index (χ1) is 16.8. The molecule has 0 radical (unpaired) electrons. The normalized spacial score (nSPS) is 11.5. The Kier molecular flexibility index (Phi) is 9.23. The zero-order valence-electron chi connectivity index (χ0n) is 19.1. The summed E-state index contributed by atoms with van der Waals surface area (Å²) in [5.41, 5.74) is 1.68. The predicted octanol–water partition coefficient (Wildman–Crippen LogP) is 5.22. The minimum Gasteiger partial charge on any atom is -0.355 e. The number of hydrogen-bond donors (Lipinski definition) is 1. The quantitative estimate of drug-likeness (QED) is 0.297. The van der Waals surface area contributed by atoms with Crippen molar-refractivity contribution in [1.29, 1.82) is 0 Å². The highest BCUT2D eigenvalue weighted by atomic mass is 35.5. The molecule has 3 aromatic rings. The van der Waals surface area contributed by atoms with Gasteiger partial charge >= 0.3 is 0 Å². The second-order valence-corrected chi connectivity index (χ2v) is 8.75. The van der Waals surface area contributed by atoms with Crippen LogP contribution >= 0.6 is 23.2 Å². The van der Waals surface area contributed by atoms with Crippen molar-refractivity contribution in [3.8, 4) is 0 Å². The lowest BCUT2D eigenvalue weighted by Crippen LogP contribution is -2.51. The first-order valence-electron chi connectivity index (χ1n) is 11.1. The minimum absolute atomic E-state index is 0.0744. The number of nitro groups is 1. The number of amides is 2. The van der Waals surface area contributed by atoms with E-state index in [-0.39, 0.29) is 36.5 Å². The van der Waals surface area contributed by atoms with E-state index in [4.69, 9.17) is 23.2 Å².